The first-order valence-electron chi connectivity index (χ1n) is 7.04. The Bertz CT molecular complexity index is 555. The van der Waals surface area contributed by atoms with E-state index in [0.29, 0.717) is 0 Å². The van der Waals surface area contributed by atoms with Gasteiger partial charge in [-0.05, 0) is 43.0 Å². The third-order valence-electron chi connectivity index (χ3n) is 4.26. The largest absolute Gasteiger partial charge is 0.308 e. The predicted octanol–water partition coefficient (Wildman–Crippen LogP) is 3.00. The molecule has 0 bridgehead atoms. The van der Waals surface area contributed by atoms with Gasteiger partial charge in [-0.25, -0.2) is 0 Å². The van der Waals surface area contributed by atoms with Gasteiger partial charge in [0.05, 0.1) is 11.7 Å². The normalized spacial score (nSPS) is 17.2. The summed E-state index contributed by atoms with van der Waals surface area (Å²) in [5, 5.41) is 7.68. The van der Waals surface area contributed by atoms with Gasteiger partial charge in [-0.15, -0.1) is 0 Å². The fourth-order valence-corrected chi connectivity index (χ4v) is 2.89. The van der Waals surface area contributed by atoms with Gasteiger partial charge in [0.1, 0.15) is 0 Å². The summed E-state index contributed by atoms with van der Waals surface area (Å²) < 4.78 is 1.94. The van der Waals surface area contributed by atoms with Crippen LogP contribution in [0.25, 0.3) is 0 Å². The molecule has 19 heavy (non-hydrogen) atoms. The molecule has 1 heterocycles. The average Bonchev–Trinajstić information content (AvgIpc) is 2.75. The van der Waals surface area contributed by atoms with Gasteiger partial charge in [0.15, 0.2) is 0 Å². The summed E-state index contributed by atoms with van der Waals surface area (Å²) >= 11 is 0. The van der Waals surface area contributed by atoms with Crippen molar-refractivity contribution >= 4 is 0 Å². The third-order valence-corrected chi connectivity index (χ3v) is 4.26. The molecule has 1 aromatic heterocycles. The molecule has 2 aromatic rings. The number of hydrogen-bond donors (Lipinski definition) is 1. The smallest absolute Gasteiger partial charge is 0.0745 e. The molecule has 0 spiro atoms. The van der Waals surface area contributed by atoms with E-state index in [9.17, 15) is 0 Å². The van der Waals surface area contributed by atoms with Crippen LogP contribution in [0.4, 0.5) is 0 Å². The summed E-state index contributed by atoms with van der Waals surface area (Å²) in [4.78, 5) is 0. The Morgan fingerprint density at radius 1 is 1.32 bits per heavy atom. The van der Waals surface area contributed by atoms with E-state index in [1.165, 1.54) is 36.1 Å². The van der Waals surface area contributed by atoms with E-state index in [1.807, 2.05) is 25.0 Å². The molecule has 3 heteroatoms. The topological polar surface area (TPSA) is 29.9 Å². The van der Waals surface area contributed by atoms with Gasteiger partial charge in [-0.1, -0.05) is 30.7 Å². The molecule has 1 aromatic carbocycles. The highest BCUT2D eigenvalue weighted by molar-refractivity contribution is 5.33. The quantitative estimate of drug-likeness (QED) is 0.910. The molecule has 0 amide bonds. The second-order valence-corrected chi connectivity index (χ2v) is 5.40. The zero-order valence-corrected chi connectivity index (χ0v) is 11.6. The van der Waals surface area contributed by atoms with Crippen LogP contribution >= 0.6 is 0 Å². The van der Waals surface area contributed by atoms with Gasteiger partial charge < -0.3 is 5.32 Å². The maximum absolute atomic E-state index is 4.27. The lowest BCUT2D eigenvalue weighted by molar-refractivity contribution is 0.419. The van der Waals surface area contributed by atoms with E-state index < -0.39 is 0 Å². The SMILES string of the molecule is CNC(c1cccc(C2CCC2)c1)c1ccnn1C. The molecule has 1 atom stereocenters. The second-order valence-electron chi connectivity index (χ2n) is 5.40. The fraction of sp³-hybridized carbons (Fsp3) is 0.438. The van der Waals surface area contributed by atoms with E-state index in [4.69, 9.17) is 0 Å². The predicted molar refractivity (Wildman–Crippen MR) is 77.1 cm³/mol. The van der Waals surface area contributed by atoms with E-state index in [-0.39, 0.29) is 6.04 Å². The lowest BCUT2D eigenvalue weighted by atomic mass is 9.79. The van der Waals surface area contributed by atoms with Crippen molar-refractivity contribution in [1.29, 1.82) is 0 Å². The van der Waals surface area contributed by atoms with E-state index in [0.717, 1.165) is 5.92 Å². The van der Waals surface area contributed by atoms with Crippen LogP contribution in [0.15, 0.2) is 36.5 Å². The Balaban J connectivity index is 1.93. The number of benzene rings is 1. The minimum Gasteiger partial charge on any atom is -0.308 e. The zero-order chi connectivity index (χ0) is 13.2. The highest BCUT2D eigenvalue weighted by atomic mass is 15.3. The van der Waals surface area contributed by atoms with Crippen LogP contribution in [0.2, 0.25) is 0 Å². The van der Waals surface area contributed by atoms with Crippen molar-refractivity contribution in [3.63, 3.8) is 0 Å². The van der Waals surface area contributed by atoms with Crippen molar-refractivity contribution < 1.29 is 0 Å². The van der Waals surface area contributed by atoms with Crippen molar-refractivity contribution in [2.24, 2.45) is 7.05 Å². The van der Waals surface area contributed by atoms with Crippen LogP contribution in [0.1, 0.15) is 48.0 Å². The maximum atomic E-state index is 4.27. The standard InChI is InChI=1S/C16H21N3/c1-17-16(15-9-10-18-19(15)2)14-8-4-7-13(11-14)12-5-3-6-12/h4,7-12,16-17H,3,5-6H2,1-2H3. The molecule has 0 saturated heterocycles. The molecule has 3 nitrogen and oxygen atoms in total. The van der Waals surface area contributed by atoms with Gasteiger partial charge in [-0.3, -0.25) is 4.68 Å². The van der Waals surface area contributed by atoms with Crippen LogP contribution in [0.5, 0.6) is 0 Å². The first-order valence-corrected chi connectivity index (χ1v) is 7.04. The molecule has 1 unspecified atom stereocenters. The van der Waals surface area contributed by atoms with Crippen molar-refractivity contribution in [2.75, 3.05) is 7.05 Å². The number of nitrogens with zero attached hydrogens (tertiary/aromatic N) is 2. The summed E-state index contributed by atoms with van der Waals surface area (Å²) in [7, 11) is 4.00. The van der Waals surface area contributed by atoms with Gasteiger partial charge >= 0.3 is 0 Å². The Labute approximate surface area is 114 Å². The third kappa shape index (κ3) is 2.30. The molecule has 1 N–H and O–H groups in total. The molecule has 1 saturated carbocycles. The highest BCUT2D eigenvalue weighted by Crippen LogP contribution is 2.37. The Morgan fingerprint density at radius 2 is 2.16 bits per heavy atom. The maximum Gasteiger partial charge on any atom is 0.0745 e. The van der Waals surface area contributed by atoms with E-state index >= 15 is 0 Å². The molecule has 0 radical (unpaired) electrons. The monoisotopic (exact) mass is 255 g/mol. The average molecular weight is 255 g/mol. The van der Waals surface area contributed by atoms with Crippen molar-refractivity contribution in [3.05, 3.63) is 53.3 Å². The van der Waals surface area contributed by atoms with Crippen molar-refractivity contribution in [1.82, 2.24) is 15.1 Å². The molecule has 1 aliphatic carbocycles. The number of nitrogens with one attached hydrogen (secondary N) is 1. The van der Waals surface area contributed by atoms with Crippen LogP contribution in [0, 0.1) is 0 Å². The Morgan fingerprint density at radius 3 is 2.74 bits per heavy atom. The van der Waals surface area contributed by atoms with Crippen molar-refractivity contribution in [2.45, 2.75) is 31.2 Å². The lowest BCUT2D eigenvalue weighted by Gasteiger charge is -2.27. The Hall–Kier alpha value is -1.61. The second kappa shape index (κ2) is 5.17. The molecule has 1 fully saturated rings. The lowest BCUT2D eigenvalue weighted by Crippen LogP contribution is -2.21. The van der Waals surface area contributed by atoms with E-state index in [1.54, 1.807) is 0 Å². The molecule has 100 valence electrons. The number of rotatable bonds is 4. The summed E-state index contributed by atoms with van der Waals surface area (Å²) in [5.74, 6) is 0.781. The van der Waals surface area contributed by atoms with Gasteiger partial charge in [0.2, 0.25) is 0 Å². The minimum atomic E-state index is 0.215. The first kappa shape index (κ1) is 12.4. The molecular weight excluding hydrogens is 234 g/mol. The highest BCUT2D eigenvalue weighted by Gasteiger charge is 2.21. The Kier molecular flexibility index (Phi) is 3.38. The molecule has 0 aliphatic heterocycles. The summed E-state index contributed by atoms with van der Waals surface area (Å²) in [6, 6.07) is 11.3. The van der Waals surface area contributed by atoms with Crippen LogP contribution in [-0.2, 0) is 7.05 Å². The molecular formula is C16H21N3. The van der Waals surface area contributed by atoms with Crippen molar-refractivity contribution in [3.8, 4) is 0 Å². The zero-order valence-electron chi connectivity index (χ0n) is 11.6. The number of aryl methyl sites for hydroxylation is 1. The molecule has 3 rings (SSSR count). The van der Waals surface area contributed by atoms with Crippen LogP contribution in [-0.4, -0.2) is 16.8 Å². The van der Waals surface area contributed by atoms with Gasteiger partial charge in [-0.2, -0.15) is 5.10 Å². The van der Waals surface area contributed by atoms with Gasteiger partial charge in [0.25, 0.3) is 0 Å². The minimum absolute atomic E-state index is 0.215. The summed E-state index contributed by atoms with van der Waals surface area (Å²) in [6.07, 6.45) is 5.93. The fourth-order valence-electron chi connectivity index (χ4n) is 2.89. The van der Waals surface area contributed by atoms with Crippen LogP contribution in [0.3, 0.4) is 0 Å². The summed E-state index contributed by atoms with van der Waals surface area (Å²) in [5.41, 5.74) is 4.02. The van der Waals surface area contributed by atoms with E-state index in [2.05, 4.69) is 40.7 Å². The van der Waals surface area contributed by atoms with Crippen LogP contribution < -0.4 is 5.32 Å². The van der Waals surface area contributed by atoms with Gasteiger partial charge in [0, 0.05) is 13.2 Å². The summed E-state index contributed by atoms with van der Waals surface area (Å²) in [6.45, 7) is 0. The number of aromatic nitrogens is 2. The molecule has 1 aliphatic rings. The number of hydrogen-bond acceptors (Lipinski definition) is 2. The first-order chi connectivity index (χ1) is 9.29.